The van der Waals surface area contributed by atoms with Gasteiger partial charge in [0.2, 0.25) is 0 Å². The second kappa shape index (κ2) is 5.20. The third-order valence-electron chi connectivity index (χ3n) is 4.95. The maximum Gasteiger partial charge on any atom is 0.309 e. The van der Waals surface area contributed by atoms with Gasteiger partial charge in [0.15, 0.2) is 0 Å². The van der Waals surface area contributed by atoms with Gasteiger partial charge in [-0.25, -0.2) is 0 Å². The highest BCUT2D eigenvalue weighted by molar-refractivity contribution is 5.73. The molecule has 0 aromatic rings. The van der Waals surface area contributed by atoms with E-state index in [9.17, 15) is 4.79 Å². The topological polar surface area (TPSA) is 38.8 Å². The van der Waals surface area contributed by atoms with Gasteiger partial charge < -0.3 is 9.47 Å². The molecule has 3 fully saturated rings. The summed E-state index contributed by atoms with van der Waals surface area (Å²) in [6.45, 7) is 2.81. The van der Waals surface area contributed by atoms with Crippen LogP contribution in [0, 0.1) is 17.8 Å². The first-order valence-electron chi connectivity index (χ1n) is 7.56. The predicted molar refractivity (Wildman–Crippen MR) is 68.1 cm³/mol. The summed E-state index contributed by atoms with van der Waals surface area (Å²) < 4.78 is 11.1. The van der Waals surface area contributed by atoms with Crippen LogP contribution in [0.3, 0.4) is 0 Å². The quantitative estimate of drug-likeness (QED) is 0.572. The smallest absolute Gasteiger partial charge is 0.309 e. The van der Waals surface area contributed by atoms with Gasteiger partial charge in [0.25, 0.3) is 0 Å². The Labute approximate surface area is 109 Å². The third-order valence-corrected chi connectivity index (χ3v) is 4.95. The fourth-order valence-electron chi connectivity index (χ4n) is 3.60. The monoisotopic (exact) mass is 252 g/mol. The van der Waals surface area contributed by atoms with Crippen molar-refractivity contribution >= 4 is 5.97 Å². The Balaban J connectivity index is 1.45. The third kappa shape index (κ3) is 2.71. The van der Waals surface area contributed by atoms with E-state index in [1.54, 1.807) is 0 Å². The molecule has 4 unspecified atom stereocenters. The van der Waals surface area contributed by atoms with Gasteiger partial charge >= 0.3 is 5.97 Å². The molecule has 1 aliphatic heterocycles. The molecule has 0 radical (unpaired) electrons. The summed E-state index contributed by atoms with van der Waals surface area (Å²) in [5.74, 6) is 1.15. The zero-order valence-electron chi connectivity index (χ0n) is 11.3. The van der Waals surface area contributed by atoms with Crippen molar-refractivity contribution in [1.82, 2.24) is 0 Å². The second-order valence-corrected chi connectivity index (χ2v) is 6.40. The molecule has 3 nitrogen and oxygen atoms in total. The summed E-state index contributed by atoms with van der Waals surface area (Å²) in [5.41, 5.74) is 0. The lowest BCUT2D eigenvalue weighted by atomic mass is 9.80. The minimum absolute atomic E-state index is 0.0297. The van der Waals surface area contributed by atoms with E-state index in [1.165, 1.54) is 32.1 Å². The lowest BCUT2D eigenvalue weighted by molar-refractivity contribution is -0.153. The van der Waals surface area contributed by atoms with Crippen molar-refractivity contribution < 1.29 is 14.3 Å². The molecule has 4 atom stereocenters. The fraction of sp³-hybridized carbons (Fsp3) is 0.933. The van der Waals surface area contributed by atoms with E-state index in [-0.39, 0.29) is 11.9 Å². The van der Waals surface area contributed by atoms with Gasteiger partial charge in [-0.3, -0.25) is 4.79 Å². The van der Waals surface area contributed by atoms with Gasteiger partial charge in [0.1, 0.15) is 0 Å². The summed E-state index contributed by atoms with van der Waals surface area (Å²) in [7, 11) is 0. The first-order chi connectivity index (χ1) is 8.74. The van der Waals surface area contributed by atoms with Crippen LogP contribution in [0.25, 0.3) is 0 Å². The van der Waals surface area contributed by atoms with Crippen molar-refractivity contribution in [3.05, 3.63) is 0 Å². The summed E-state index contributed by atoms with van der Waals surface area (Å²) in [6.07, 6.45) is 9.16. The number of esters is 1. The molecular formula is C15H24O3. The highest BCUT2D eigenvalue weighted by Gasteiger charge is 2.49. The molecule has 1 saturated heterocycles. The number of carbonyl (C=O) groups excluding carboxylic acids is 1. The van der Waals surface area contributed by atoms with E-state index in [2.05, 4.69) is 6.92 Å². The molecule has 0 aromatic heterocycles. The van der Waals surface area contributed by atoms with Crippen LogP contribution >= 0.6 is 0 Å². The molecule has 2 saturated carbocycles. The van der Waals surface area contributed by atoms with E-state index in [0.29, 0.717) is 30.7 Å². The zero-order chi connectivity index (χ0) is 12.5. The van der Waals surface area contributed by atoms with Crippen LogP contribution in [0.1, 0.15) is 51.9 Å². The van der Waals surface area contributed by atoms with Crippen LogP contribution in [0.5, 0.6) is 0 Å². The molecule has 3 aliphatic rings. The predicted octanol–water partition coefficient (Wildman–Crippen LogP) is 2.92. The first kappa shape index (κ1) is 12.5. The summed E-state index contributed by atoms with van der Waals surface area (Å²) in [5, 5.41) is 0. The molecule has 18 heavy (non-hydrogen) atoms. The number of ether oxygens (including phenoxy) is 2. The number of fused-ring (bicyclic) bond motifs is 1. The van der Waals surface area contributed by atoms with Gasteiger partial charge in [-0.1, -0.05) is 26.2 Å². The maximum absolute atomic E-state index is 12.1. The van der Waals surface area contributed by atoms with E-state index >= 15 is 0 Å². The van der Waals surface area contributed by atoms with E-state index < -0.39 is 0 Å². The Morgan fingerprint density at radius 3 is 2.67 bits per heavy atom. The number of epoxide rings is 1. The highest BCUT2D eigenvalue weighted by Crippen LogP contribution is 2.43. The average molecular weight is 252 g/mol. The number of rotatable bonds is 3. The minimum Gasteiger partial charge on any atom is -0.465 e. The van der Waals surface area contributed by atoms with Gasteiger partial charge in [-0.15, -0.1) is 0 Å². The normalized spacial score (nSPS) is 40.1. The minimum atomic E-state index is 0.0297. The Kier molecular flexibility index (Phi) is 3.60. The van der Waals surface area contributed by atoms with E-state index in [1.807, 2.05) is 0 Å². The SMILES string of the molecule is CC1CC2OC2CC1C(=O)OCC1CCCCC1. The lowest BCUT2D eigenvalue weighted by Gasteiger charge is -2.26. The molecular weight excluding hydrogens is 228 g/mol. The summed E-state index contributed by atoms with van der Waals surface area (Å²) >= 11 is 0. The van der Waals surface area contributed by atoms with E-state index in [4.69, 9.17) is 9.47 Å². The maximum atomic E-state index is 12.1. The van der Waals surface area contributed by atoms with Crippen molar-refractivity contribution in [1.29, 1.82) is 0 Å². The van der Waals surface area contributed by atoms with Gasteiger partial charge in [-0.2, -0.15) is 0 Å². The van der Waals surface area contributed by atoms with Crippen LogP contribution in [-0.2, 0) is 14.3 Å². The van der Waals surface area contributed by atoms with Crippen LogP contribution in [0.15, 0.2) is 0 Å². The van der Waals surface area contributed by atoms with Crippen molar-refractivity contribution in [2.24, 2.45) is 17.8 Å². The number of hydrogen-bond donors (Lipinski definition) is 0. The number of carbonyl (C=O) groups is 1. The number of hydrogen-bond acceptors (Lipinski definition) is 3. The molecule has 1 heterocycles. The molecule has 0 N–H and O–H groups in total. The second-order valence-electron chi connectivity index (χ2n) is 6.40. The summed E-state index contributed by atoms with van der Waals surface area (Å²) in [6, 6.07) is 0. The Morgan fingerprint density at radius 1 is 1.17 bits per heavy atom. The highest BCUT2D eigenvalue weighted by atomic mass is 16.6. The molecule has 0 spiro atoms. The van der Waals surface area contributed by atoms with Crippen LogP contribution in [-0.4, -0.2) is 24.8 Å². The van der Waals surface area contributed by atoms with Gasteiger partial charge in [0.05, 0.1) is 24.7 Å². The molecule has 0 aromatic carbocycles. The van der Waals surface area contributed by atoms with Crippen molar-refractivity contribution in [2.45, 2.75) is 64.1 Å². The van der Waals surface area contributed by atoms with Crippen molar-refractivity contribution in [3.63, 3.8) is 0 Å². The van der Waals surface area contributed by atoms with Crippen molar-refractivity contribution in [3.8, 4) is 0 Å². The average Bonchev–Trinajstić information content (AvgIpc) is 3.14. The standard InChI is InChI=1S/C15H24O3/c1-10-7-13-14(18-13)8-12(10)15(16)17-9-11-5-3-2-4-6-11/h10-14H,2-9H2,1H3. The Morgan fingerprint density at radius 2 is 1.89 bits per heavy atom. The molecule has 3 heteroatoms. The summed E-state index contributed by atoms with van der Waals surface area (Å²) in [4.78, 5) is 12.1. The van der Waals surface area contributed by atoms with E-state index in [0.717, 1.165) is 12.8 Å². The molecule has 102 valence electrons. The molecule has 0 bridgehead atoms. The Bertz CT molecular complexity index is 309. The van der Waals surface area contributed by atoms with Gasteiger partial charge in [-0.05, 0) is 37.5 Å². The molecule has 0 amide bonds. The largest absolute Gasteiger partial charge is 0.465 e. The Hall–Kier alpha value is -0.570. The fourth-order valence-corrected chi connectivity index (χ4v) is 3.60. The van der Waals surface area contributed by atoms with Crippen molar-refractivity contribution in [2.75, 3.05) is 6.61 Å². The first-order valence-corrected chi connectivity index (χ1v) is 7.56. The van der Waals surface area contributed by atoms with Crippen LogP contribution < -0.4 is 0 Å². The van der Waals surface area contributed by atoms with Crippen LogP contribution in [0.4, 0.5) is 0 Å². The molecule has 2 aliphatic carbocycles. The van der Waals surface area contributed by atoms with Gasteiger partial charge in [0, 0.05) is 0 Å². The lowest BCUT2D eigenvalue weighted by Crippen LogP contribution is -2.31. The zero-order valence-corrected chi connectivity index (χ0v) is 11.3. The molecule has 3 rings (SSSR count). The van der Waals surface area contributed by atoms with Crippen LogP contribution in [0.2, 0.25) is 0 Å².